The van der Waals surface area contributed by atoms with Crippen LogP contribution in [0.25, 0.3) is 10.9 Å². The van der Waals surface area contributed by atoms with Gasteiger partial charge in [0.2, 0.25) is 5.95 Å². The first-order chi connectivity index (χ1) is 14.5. The fourth-order valence-electron chi connectivity index (χ4n) is 4.19. The van der Waals surface area contributed by atoms with Gasteiger partial charge in [-0.05, 0) is 49.4 Å². The van der Waals surface area contributed by atoms with Crippen molar-refractivity contribution in [2.75, 3.05) is 31.1 Å². The standard InChI is InChI=1S/C23H29N5O2/c1-16-3-4-20-19(14-27(2)21(20)9-16)11-24-10-17-5-7-28(8-6-17)23-25-12-18(13-26-23)22(30)15-29/h3-4,9,12-14,17,24,29H,5-8,10-11,15H2,1-2H3. The quantitative estimate of drug-likeness (QED) is 0.586. The number of rotatable bonds is 7. The number of aromatic nitrogens is 3. The summed E-state index contributed by atoms with van der Waals surface area (Å²) in [4.78, 5) is 22.2. The fourth-order valence-corrected chi connectivity index (χ4v) is 4.19. The van der Waals surface area contributed by atoms with E-state index in [0.717, 1.165) is 39.0 Å². The number of aliphatic hydroxyl groups is 1. The molecule has 0 bridgehead atoms. The molecule has 2 aromatic heterocycles. The van der Waals surface area contributed by atoms with Crippen molar-refractivity contribution in [1.29, 1.82) is 0 Å². The topological polar surface area (TPSA) is 83.3 Å². The Kier molecular flexibility index (Phi) is 6.11. The molecule has 1 aliphatic heterocycles. The minimum atomic E-state index is -0.514. The minimum absolute atomic E-state index is 0.351. The van der Waals surface area contributed by atoms with E-state index < -0.39 is 6.61 Å². The van der Waals surface area contributed by atoms with Crippen LogP contribution in [0.2, 0.25) is 0 Å². The number of hydrogen-bond donors (Lipinski definition) is 2. The van der Waals surface area contributed by atoms with E-state index in [0.29, 0.717) is 17.4 Å². The Bertz CT molecular complexity index is 1020. The lowest BCUT2D eigenvalue weighted by molar-refractivity contribution is 0.0903. The molecular formula is C23H29N5O2. The number of nitrogens with one attached hydrogen (secondary N) is 1. The van der Waals surface area contributed by atoms with Gasteiger partial charge < -0.3 is 19.9 Å². The number of carbonyl (C=O) groups is 1. The summed E-state index contributed by atoms with van der Waals surface area (Å²) in [7, 11) is 2.11. The van der Waals surface area contributed by atoms with Crippen LogP contribution in [0.5, 0.6) is 0 Å². The fraction of sp³-hybridized carbons (Fsp3) is 0.435. The molecule has 30 heavy (non-hydrogen) atoms. The SMILES string of the molecule is Cc1ccc2c(CNCC3CCN(c4ncc(C(=O)CO)cn4)CC3)cn(C)c2c1. The van der Waals surface area contributed by atoms with E-state index in [-0.39, 0.29) is 5.78 Å². The van der Waals surface area contributed by atoms with Crippen molar-refractivity contribution in [2.45, 2.75) is 26.3 Å². The lowest BCUT2D eigenvalue weighted by atomic mass is 9.97. The molecule has 1 saturated heterocycles. The summed E-state index contributed by atoms with van der Waals surface area (Å²) in [6.45, 7) is 5.32. The zero-order valence-electron chi connectivity index (χ0n) is 17.6. The molecule has 0 atom stereocenters. The van der Waals surface area contributed by atoms with Crippen LogP contribution < -0.4 is 10.2 Å². The van der Waals surface area contributed by atoms with E-state index in [1.54, 1.807) is 0 Å². The normalized spacial score (nSPS) is 15.1. The number of Topliss-reactive ketones (excluding diaryl/α,β-unsaturated/α-hetero) is 1. The number of anilines is 1. The molecule has 1 aromatic carbocycles. The lowest BCUT2D eigenvalue weighted by Crippen LogP contribution is -2.38. The molecule has 3 heterocycles. The monoisotopic (exact) mass is 407 g/mol. The molecule has 0 aliphatic carbocycles. The van der Waals surface area contributed by atoms with Crippen molar-refractivity contribution in [2.24, 2.45) is 13.0 Å². The van der Waals surface area contributed by atoms with Gasteiger partial charge in [0.15, 0.2) is 5.78 Å². The molecule has 0 spiro atoms. The second-order valence-corrected chi connectivity index (χ2v) is 8.20. The highest BCUT2D eigenvalue weighted by molar-refractivity contribution is 5.96. The number of ketones is 1. The van der Waals surface area contributed by atoms with E-state index in [2.05, 4.69) is 63.1 Å². The first-order valence-corrected chi connectivity index (χ1v) is 10.5. The molecule has 0 unspecified atom stereocenters. The maximum absolute atomic E-state index is 11.5. The summed E-state index contributed by atoms with van der Waals surface area (Å²) in [5.41, 5.74) is 4.26. The van der Waals surface area contributed by atoms with Gasteiger partial charge in [-0.2, -0.15) is 0 Å². The molecule has 7 heteroatoms. The number of nitrogens with zero attached hydrogens (tertiary/aromatic N) is 4. The summed E-state index contributed by atoms with van der Waals surface area (Å²) in [5.74, 6) is 0.934. The Morgan fingerprint density at radius 1 is 1.23 bits per heavy atom. The van der Waals surface area contributed by atoms with Crippen molar-refractivity contribution >= 4 is 22.6 Å². The maximum Gasteiger partial charge on any atom is 0.225 e. The van der Waals surface area contributed by atoms with Gasteiger partial charge in [-0.3, -0.25) is 4.79 Å². The third kappa shape index (κ3) is 4.37. The van der Waals surface area contributed by atoms with Gasteiger partial charge in [0.25, 0.3) is 0 Å². The zero-order valence-corrected chi connectivity index (χ0v) is 17.6. The predicted octanol–water partition coefficient (Wildman–Crippen LogP) is 2.46. The van der Waals surface area contributed by atoms with Gasteiger partial charge in [0.05, 0.1) is 5.56 Å². The van der Waals surface area contributed by atoms with Crippen LogP contribution in [0, 0.1) is 12.8 Å². The average Bonchev–Trinajstić information content (AvgIpc) is 3.08. The van der Waals surface area contributed by atoms with E-state index in [1.807, 2.05) is 0 Å². The summed E-state index contributed by atoms with van der Waals surface area (Å²) in [6, 6.07) is 6.64. The van der Waals surface area contributed by atoms with E-state index >= 15 is 0 Å². The molecule has 0 saturated carbocycles. The summed E-state index contributed by atoms with van der Waals surface area (Å²) < 4.78 is 2.21. The van der Waals surface area contributed by atoms with Crippen molar-refractivity contribution in [3.63, 3.8) is 0 Å². The molecule has 1 fully saturated rings. The third-order valence-electron chi connectivity index (χ3n) is 5.98. The second kappa shape index (κ2) is 8.93. The van der Waals surface area contributed by atoms with Gasteiger partial charge in [0, 0.05) is 56.2 Å². The largest absolute Gasteiger partial charge is 0.388 e. The number of fused-ring (bicyclic) bond motifs is 1. The smallest absolute Gasteiger partial charge is 0.225 e. The van der Waals surface area contributed by atoms with E-state index in [4.69, 9.17) is 5.11 Å². The molecule has 2 N–H and O–H groups in total. The number of benzene rings is 1. The number of aliphatic hydroxyl groups excluding tert-OH is 1. The first kappa shape index (κ1) is 20.5. The van der Waals surface area contributed by atoms with Crippen molar-refractivity contribution < 1.29 is 9.90 Å². The van der Waals surface area contributed by atoms with Gasteiger partial charge in [0.1, 0.15) is 6.61 Å². The molecular weight excluding hydrogens is 378 g/mol. The Morgan fingerprint density at radius 2 is 1.97 bits per heavy atom. The zero-order chi connectivity index (χ0) is 21.1. The average molecular weight is 408 g/mol. The lowest BCUT2D eigenvalue weighted by Gasteiger charge is -2.32. The molecule has 7 nitrogen and oxygen atoms in total. The van der Waals surface area contributed by atoms with Crippen molar-refractivity contribution in [3.05, 3.63) is 53.5 Å². The highest BCUT2D eigenvalue weighted by Crippen LogP contribution is 2.23. The van der Waals surface area contributed by atoms with E-state index in [9.17, 15) is 4.79 Å². The number of aryl methyl sites for hydroxylation is 2. The molecule has 3 aromatic rings. The summed E-state index contributed by atoms with van der Waals surface area (Å²) >= 11 is 0. The van der Waals surface area contributed by atoms with Crippen LogP contribution in [0.4, 0.5) is 5.95 Å². The Morgan fingerprint density at radius 3 is 2.67 bits per heavy atom. The minimum Gasteiger partial charge on any atom is -0.388 e. The number of hydrogen-bond acceptors (Lipinski definition) is 6. The molecule has 1 aliphatic rings. The number of piperidine rings is 1. The van der Waals surface area contributed by atoms with Crippen molar-refractivity contribution in [1.82, 2.24) is 19.9 Å². The van der Waals surface area contributed by atoms with Crippen LogP contribution in [0.15, 0.2) is 36.8 Å². The highest BCUT2D eigenvalue weighted by Gasteiger charge is 2.21. The molecule has 4 rings (SSSR count). The van der Waals surface area contributed by atoms with Crippen molar-refractivity contribution in [3.8, 4) is 0 Å². The van der Waals surface area contributed by atoms with Gasteiger partial charge >= 0.3 is 0 Å². The Balaban J connectivity index is 1.27. The van der Waals surface area contributed by atoms with Crippen LogP contribution in [0.1, 0.15) is 34.3 Å². The van der Waals surface area contributed by atoms with Gasteiger partial charge in [-0.1, -0.05) is 12.1 Å². The summed E-state index contributed by atoms with van der Waals surface area (Å²) in [5, 5.41) is 13.9. The first-order valence-electron chi connectivity index (χ1n) is 10.5. The molecule has 158 valence electrons. The Hall–Kier alpha value is -2.77. The Labute approximate surface area is 176 Å². The maximum atomic E-state index is 11.5. The third-order valence-corrected chi connectivity index (χ3v) is 5.98. The van der Waals surface area contributed by atoms with Crippen LogP contribution >= 0.6 is 0 Å². The van der Waals surface area contributed by atoms with Crippen LogP contribution in [0.3, 0.4) is 0 Å². The van der Waals surface area contributed by atoms with Gasteiger partial charge in [-0.25, -0.2) is 9.97 Å². The van der Waals surface area contributed by atoms with Crippen LogP contribution in [-0.2, 0) is 13.6 Å². The summed E-state index contributed by atoms with van der Waals surface area (Å²) in [6.07, 6.45) is 7.40. The highest BCUT2D eigenvalue weighted by atomic mass is 16.3. The molecule has 0 amide bonds. The predicted molar refractivity (Wildman–Crippen MR) is 118 cm³/mol. The van der Waals surface area contributed by atoms with Crippen LogP contribution in [-0.4, -0.2) is 51.7 Å². The van der Waals surface area contributed by atoms with E-state index in [1.165, 1.54) is 34.4 Å². The second-order valence-electron chi connectivity index (χ2n) is 8.20. The molecule has 0 radical (unpaired) electrons. The van der Waals surface area contributed by atoms with Gasteiger partial charge in [-0.15, -0.1) is 0 Å². The number of carbonyl (C=O) groups excluding carboxylic acids is 1.